The van der Waals surface area contributed by atoms with Gasteiger partial charge in [-0.2, -0.15) is 0 Å². The number of esters is 1. The largest absolute Gasteiger partial charge is 0.479 e. The molecule has 7 heteroatoms. The molecular weight excluding hydrogens is 218 g/mol. The van der Waals surface area contributed by atoms with E-state index in [4.69, 9.17) is 9.84 Å². The van der Waals surface area contributed by atoms with Gasteiger partial charge in [-0.15, -0.1) is 0 Å². The van der Waals surface area contributed by atoms with Crippen LogP contribution in [0.15, 0.2) is 0 Å². The van der Waals surface area contributed by atoms with Crippen LogP contribution >= 0.6 is 0 Å². The molecule has 0 aromatic rings. The molecule has 0 aliphatic heterocycles. The molecule has 0 heterocycles. The monoisotopic (exact) mass is 233 g/mol. The third-order valence-electron chi connectivity index (χ3n) is 1.34. The first-order chi connectivity index (χ1) is 7.17. The first kappa shape index (κ1) is 14.2. The Morgan fingerprint density at radius 1 is 1.25 bits per heavy atom. The Balaban J connectivity index is 4.48. The molecule has 0 fully saturated rings. The Morgan fingerprint density at radius 3 is 2.06 bits per heavy atom. The maximum atomic E-state index is 11.2. The van der Waals surface area contributed by atoms with Crippen molar-refractivity contribution in [3.8, 4) is 0 Å². The van der Waals surface area contributed by atoms with Crippen molar-refractivity contribution in [3.63, 3.8) is 0 Å². The Bertz CT molecular complexity index is 293. The van der Waals surface area contributed by atoms with E-state index in [-0.39, 0.29) is 0 Å². The van der Waals surface area contributed by atoms with E-state index >= 15 is 0 Å². The highest BCUT2D eigenvalue weighted by Gasteiger charge is 2.30. The second-order valence-corrected chi connectivity index (χ2v) is 3.94. The maximum absolute atomic E-state index is 11.2. The van der Waals surface area contributed by atoms with Crippen LogP contribution in [0.4, 0.5) is 4.79 Å². The normalized spacial score (nSPS) is 12.5. The number of carboxylic acid groups (broad SMARTS) is 1. The van der Waals surface area contributed by atoms with Crippen LogP contribution in [0.3, 0.4) is 0 Å². The zero-order chi connectivity index (χ0) is 12.9. The Kier molecular flexibility index (Phi) is 4.74. The van der Waals surface area contributed by atoms with Gasteiger partial charge in [0.2, 0.25) is 6.04 Å². The molecule has 1 amide bonds. The van der Waals surface area contributed by atoms with E-state index in [1.807, 2.05) is 5.32 Å². The van der Waals surface area contributed by atoms with E-state index in [0.717, 1.165) is 7.11 Å². The van der Waals surface area contributed by atoms with Gasteiger partial charge in [0.1, 0.15) is 5.60 Å². The van der Waals surface area contributed by atoms with Gasteiger partial charge in [-0.1, -0.05) is 0 Å². The van der Waals surface area contributed by atoms with Crippen LogP contribution in [0.2, 0.25) is 0 Å². The van der Waals surface area contributed by atoms with Gasteiger partial charge >= 0.3 is 18.0 Å². The molecule has 0 aromatic heterocycles. The molecule has 0 aliphatic rings. The fraction of sp³-hybridized carbons (Fsp3) is 0.667. The number of aliphatic carboxylic acids is 1. The standard InChI is InChI=1S/C9H15NO6/c1-9(2,3)16-8(14)10-5(6(11)12)7(13)15-4/h5H,1-4H3,(H,10,14)(H,11,12). The molecule has 2 N–H and O–H groups in total. The summed E-state index contributed by atoms with van der Waals surface area (Å²) < 4.78 is 9.01. The maximum Gasteiger partial charge on any atom is 0.408 e. The summed E-state index contributed by atoms with van der Waals surface area (Å²) in [5.41, 5.74) is -0.775. The van der Waals surface area contributed by atoms with Crippen molar-refractivity contribution in [2.75, 3.05) is 7.11 Å². The second kappa shape index (κ2) is 5.34. The van der Waals surface area contributed by atoms with Crippen molar-refractivity contribution >= 4 is 18.0 Å². The van der Waals surface area contributed by atoms with E-state index in [1.54, 1.807) is 20.8 Å². The number of ether oxygens (including phenoxy) is 2. The number of carbonyl (C=O) groups excluding carboxylic acids is 2. The number of alkyl carbamates (subject to hydrolysis) is 1. The zero-order valence-electron chi connectivity index (χ0n) is 9.57. The van der Waals surface area contributed by atoms with E-state index in [2.05, 4.69) is 4.74 Å². The van der Waals surface area contributed by atoms with E-state index in [0.29, 0.717) is 0 Å². The Morgan fingerprint density at radius 2 is 1.75 bits per heavy atom. The highest BCUT2D eigenvalue weighted by atomic mass is 16.6. The lowest BCUT2D eigenvalue weighted by atomic mass is 10.2. The molecule has 0 spiro atoms. The van der Waals surface area contributed by atoms with Gasteiger partial charge in [-0.25, -0.2) is 14.4 Å². The average molecular weight is 233 g/mol. The van der Waals surface area contributed by atoms with Crippen molar-refractivity contribution in [2.45, 2.75) is 32.4 Å². The number of carboxylic acids is 1. The molecule has 1 unspecified atom stereocenters. The molecule has 16 heavy (non-hydrogen) atoms. The molecule has 0 bridgehead atoms. The molecule has 7 nitrogen and oxygen atoms in total. The number of carbonyl (C=O) groups is 3. The van der Waals surface area contributed by atoms with E-state index in [1.165, 1.54) is 0 Å². The van der Waals surface area contributed by atoms with Gasteiger partial charge in [0.15, 0.2) is 0 Å². The fourth-order valence-electron chi connectivity index (χ4n) is 0.765. The summed E-state index contributed by atoms with van der Waals surface area (Å²) in [5.74, 6) is -2.59. The smallest absolute Gasteiger partial charge is 0.408 e. The van der Waals surface area contributed by atoms with Crippen molar-refractivity contribution in [3.05, 3.63) is 0 Å². The van der Waals surface area contributed by atoms with Crippen LogP contribution in [0.1, 0.15) is 20.8 Å². The molecule has 0 aliphatic carbocycles. The summed E-state index contributed by atoms with van der Waals surface area (Å²) >= 11 is 0. The lowest BCUT2D eigenvalue weighted by molar-refractivity contribution is -0.153. The molecule has 0 rings (SSSR count). The summed E-state index contributed by atoms with van der Waals surface area (Å²) in [6, 6.07) is -1.76. The lowest BCUT2D eigenvalue weighted by Crippen LogP contribution is -2.48. The molecule has 0 saturated carbocycles. The van der Waals surface area contributed by atoms with Gasteiger partial charge in [0.25, 0.3) is 0 Å². The minimum Gasteiger partial charge on any atom is -0.479 e. The molecule has 0 aromatic carbocycles. The fourth-order valence-corrected chi connectivity index (χ4v) is 0.765. The van der Waals surface area contributed by atoms with Crippen LogP contribution in [-0.2, 0) is 19.1 Å². The highest BCUT2D eigenvalue weighted by Crippen LogP contribution is 2.06. The predicted octanol–water partition coefficient (Wildman–Crippen LogP) is 0.137. The summed E-state index contributed by atoms with van der Waals surface area (Å²) in [7, 11) is 1.02. The van der Waals surface area contributed by atoms with E-state index < -0.39 is 29.7 Å². The molecule has 92 valence electrons. The third kappa shape index (κ3) is 5.18. The van der Waals surface area contributed by atoms with Crippen LogP contribution in [0.5, 0.6) is 0 Å². The first-order valence-electron chi connectivity index (χ1n) is 4.47. The number of rotatable bonds is 3. The van der Waals surface area contributed by atoms with Crippen molar-refractivity contribution in [2.24, 2.45) is 0 Å². The van der Waals surface area contributed by atoms with E-state index in [9.17, 15) is 14.4 Å². The summed E-state index contributed by atoms with van der Waals surface area (Å²) in [4.78, 5) is 32.8. The number of amides is 1. The van der Waals surface area contributed by atoms with Crippen LogP contribution in [0.25, 0.3) is 0 Å². The molecule has 0 saturated heterocycles. The molecule has 1 atom stereocenters. The van der Waals surface area contributed by atoms with Gasteiger partial charge < -0.3 is 14.6 Å². The van der Waals surface area contributed by atoms with Gasteiger partial charge in [-0.3, -0.25) is 5.32 Å². The second-order valence-electron chi connectivity index (χ2n) is 3.94. The first-order valence-corrected chi connectivity index (χ1v) is 4.47. The van der Waals surface area contributed by atoms with Crippen molar-refractivity contribution in [1.82, 2.24) is 5.32 Å². The topological polar surface area (TPSA) is 102 Å². The number of methoxy groups -OCH3 is 1. The minimum absolute atomic E-state index is 0.775. The van der Waals surface area contributed by atoms with Crippen LogP contribution in [-0.4, -0.2) is 41.9 Å². The van der Waals surface area contributed by atoms with Crippen molar-refractivity contribution in [1.29, 1.82) is 0 Å². The third-order valence-corrected chi connectivity index (χ3v) is 1.34. The van der Waals surface area contributed by atoms with Crippen LogP contribution < -0.4 is 5.32 Å². The van der Waals surface area contributed by atoms with Gasteiger partial charge in [0.05, 0.1) is 7.11 Å². The lowest BCUT2D eigenvalue weighted by Gasteiger charge is -2.21. The summed E-state index contributed by atoms with van der Waals surface area (Å²) in [6.07, 6.45) is -0.995. The summed E-state index contributed by atoms with van der Waals surface area (Å²) in [5, 5.41) is 10.5. The summed E-state index contributed by atoms with van der Waals surface area (Å²) in [6.45, 7) is 4.83. The van der Waals surface area contributed by atoms with Gasteiger partial charge in [0, 0.05) is 0 Å². The van der Waals surface area contributed by atoms with Crippen molar-refractivity contribution < 1.29 is 29.0 Å². The minimum atomic E-state index is -1.76. The molecule has 0 radical (unpaired) electrons. The predicted molar refractivity (Wildman–Crippen MR) is 52.8 cm³/mol. The van der Waals surface area contributed by atoms with Gasteiger partial charge in [-0.05, 0) is 20.8 Å². The number of hydrogen-bond donors (Lipinski definition) is 2. The quantitative estimate of drug-likeness (QED) is 0.531. The zero-order valence-corrected chi connectivity index (χ0v) is 9.57. The Labute approximate surface area is 92.7 Å². The number of nitrogens with one attached hydrogen (secondary N) is 1. The number of hydrogen-bond acceptors (Lipinski definition) is 5. The highest BCUT2D eigenvalue weighted by molar-refractivity contribution is 6.00. The Hall–Kier alpha value is -1.79. The molecular formula is C9H15NO6. The SMILES string of the molecule is COC(=O)C(NC(=O)OC(C)(C)C)C(=O)O. The van der Waals surface area contributed by atoms with Crippen LogP contribution in [0, 0.1) is 0 Å². The average Bonchev–Trinajstić information content (AvgIpc) is 2.09.